The number of aromatic carboxylic acids is 1. The molecule has 1 heterocycles. The Kier molecular flexibility index (Phi) is 3.66. The number of carbonyl (C=O) groups excluding carboxylic acids is 1. The van der Waals surface area contributed by atoms with Crippen LogP contribution in [0.3, 0.4) is 0 Å². The average molecular weight is 209 g/mol. The fourth-order valence-corrected chi connectivity index (χ4v) is 1.51. The first-order valence-corrected chi connectivity index (χ1v) is 5.02. The molecule has 4 nitrogen and oxygen atoms in total. The molecule has 1 atom stereocenters. The maximum absolute atomic E-state index is 11.8. The lowest BCUT2D eigenvalue weighted by molar-refractivity contribution is 0.0691. The summed E-state index contributed by atoms with van der Waals surface area (Å²) in [6.45, 7) is 3.88. The molecule has 0 saturated carbocycles. The zero-order chi connectivity index (χ0) is 11.4. The summed E-state index contributed by atoms with van der Waals surface area (Å²) in [5.74, 6) is -1.09. The van der Waals surface area contributed by atoms with Gasteiger partial charge in [-0.2, -0.15) is 0 Å². The van der Waals surface area contributed by atoms with Gasteiger partial charge in [-0.25, -0.2) is 4.79 Å². The SMILES string of the molecule is CCCC(C)C(=O)c1c[nH]c(C(=O)O)c1. The molecule has 1 aromatic rings. The van der Waals surface area contributed by atoms with Crippen molar-refractivity contribution in [1.82, 2.24) is 4.98 Å². The highest BCUT2D eigenvalue weighted by atomic mass is 16.4. The molecule has 1 aromatic heterocycles. The molecular weight excluding hydrogens is 194 g/mol. The van der Waals surface area contributed by atoms with Gasteiger partial charge in [-0.1, -0.05) is 20.3 Å². The topological polar surface area (TPSA) is 70.2 Å². The van der Waals surface area contributed by atoms with Crippen molar-refractivity contribution in [1.29, 1.82) is 0 Å². The standard InChI is InChI=1S/C11H15NO3/c1-3-4-7(2)10(13)8-5-9(11(14)15)12-6-8/h5-7,12H,3-4H2,1-2H3,(H,14,15). The molecule has 0 bridgehead atoms. The molecule has 0 aliphatic rings. The number of hydrogen-bond donors (Lipinski definition) is 2. The third-order valence-electron chi connectivity index (χ3n) is 2.37. The Labute approximate surface area is 88.3 Å². The van der Waals surface area contributed by atoms with Crippen molar-refractivity contribution in [3.8, 4) is 0 Å². The van der Waals surface area contributed by atoms with Crippen molar-refractivity contribution in [2.75, 3.05) is 0 Å². The molecule has 0 amide bonds. The van der Waals surface area contributed by atoms with E-state index in [0.717, 1.165) is 12.8 Å². The van der Waals surface area contributed by atoms with E-state index in [1.54, 1.807) is 0 Å². The predicted octanol–water partition coefficient (Wildman–Crippen LogP) is 2.33. The van der Waals surface area contributed by atoms with Crippen molar-refractivity contribution in [3.05, 3.63) is 23.5 Å². The van der Waals surface area contributed by atoms with E-state index >= 15 is 0 Å². The highest BCUT2D eigenvalue weighted by Gasteiger charge is 2.17. The molecule has 15 heavy (non-hydrogen) atoms. The van der Waals surface area contributed by atoms with Crippen molar-refractivity contribution in [2.24, 2.45) is 5.92 Å². The number of aromatic nitrogens is 1. The molecule has 0 saturated heterocycles. The van der Waals surface area contributed by atoms with Crippen molar-refractivity contribution in [2.45, 2.75) is 26.7 Å². The number of ketones is 1. The number of carbonyl (C=O) groups is 2. The van der Waals surface area contributed by atoms with Gasteiger partial charge in [-0.15, -0.1) is 0 Å². The monoisotopic (exact) mass is 209 g/mol. The van der Waals surface area contributed by atoms with Gasteiger partial charge in [0.05, 0.1) is 0 Å². The van der Waals surface area contributed by atoms with Crippen LogP contribution >= 0.6 is 0 Å². The number of hydrogen-bond acceptors (Lipinski definition) is 2. The van der Waals surface area contributed by atoms with E-state index in [2.05, 4.69) is 4.98 Å². The largest absolute Gasteiger partial charge is 0.477 e. The lowest BCUT2D eigenvalue weighted by atomic mass is 9.97. The molecule has 0 radical (unpaired) electrons. The van der Waals surface area contributed by atoms with Crippen molar-refractivity contribution < 1.29 is 14.7 Å². The zero-order valence-electron chi connectivity index (χ0n) is 8.91. The minimum Gasteiger partial charge on any atom is -0.477 e. The van der Waals surface area contributed by atoms with E-state index in [0.29, 0.717) is 5.56 Å². The van der Waals surface area contributed by atoms with Crippen molar-refractivity contribution >= 4 is 11.8 Å². The Balaban J connectivity index is 2.78. The van der Waals surface area contributed by atoms with Crippen LogP contribution in [-0.2, 0) is 0 Å². The molecule has 0 spiro atoms. The van der Waals surface area contributed by atoms with Crippen LogP contribution in [0.1, 0.15) is 47.5 Å². The van der Waals surface area contributed by atoms with Crippen LogP contribution in [0, 0.1) is 5.92 Å². The third-order valence-corrected chi connectivity index (χ3v) is 2.37. The van der Waals surface area contributed by atoms with Crippen LogP contribution in [0.4, 0.5) is 0 Å². The summed E-state index contributed by atoms with van der Waals surface area (Å²) in [5, 5.41) is 8.68. The fraction of sp³-hybridized carbons (Fsp3) is 0.455. The summed E-state index contributed by atoms with van der Waals surface area (Å²) < 4.78 is 0. The van der Waals surface area contributed by atoms with Gasteiger partial charge in [0.15, 0.2) is 5.78 Å². The first kappa shape index (κ1) is 11.5. The van der Waals surface area contributed by atoms with Crippen LogP contribution in [0.2, 0.25) is 0 Å². The maximum Gasteiger partial charge on any atom is 0.352 e. The second kappa shape index (κ2) is 4.77. The highest BCUT2D eigenvalue weighted by Crippen LogP contribution is 2.14. The maximum atomic E-state index is 11.8. The predicted molar refractivity (Wildman–Crippen MR) is 56.2 cm³/mol. The van der Waals surface area contributed by atoms with Gasteiger partial charge < -0.3 is 10.1 Å². The minimum atomic E-state index is -1.04. The van der Waals surface area contributed by atoms with E-state index in [4.69, 9.17) is 5.11 Å². The minimum absolute atomic E-state index is 0.000556. The quantitative estimate of drug-likeness (QED) is 0.731. The van der Waals surface area contributed by atoms with Crippen LogP contribution in [0.25, 0.3) is 0 Å². The second-order valence-corrected chi connectivity index (χ2v) is 3.66. The van der Waals surface area contributed by atoms with E-state index in [1.807, 2.05) is 13.8 Å². The van der Waals surface area contributed by atoms with Crippen molar-refractivity contribution in [3.63, 3.8) is 0 Å². The number of aromatic amines is 1. The number of carboxylic acids is 1. The molecule has 0 aliphatic carbocycles. The van der Waals surface area contributed by atoms with E-state index in [9.17, 15) is 9.59 Å². The normalized spacial score (nSPS) is 12.4. The Bertz CT molecular complexity index is 368. The summed E-state index contributed by atoms with van der Waals surface area (Å²) in [4.78, 5) is 24.9. The van der Waals surface area contributed by atoms with Gasteiger partial charge in [0.25, 0.3) is 0 Å². The summed E-state index contributed by atoms with van der Waals surface area (Å²) in [7, 11) is 0. The Morgan fingerprint density at radius 3 is 2.67 bits per heavy atom. The molecule has 4 heteroatoms. The molecule has 0 aliphatic heterocycles. The first-order chi connectivity index (χ1) is 7.06. The van der Waals surface area contributed by atoms with Gasteiger partial charge in [0.1, 0.15) is 5.69 Å². The van der Waals surface area contributed by atoms with Gasteiger partial charge in [0.2, 0.25) is 0 Å². The van der Waals surface area contributed by atoms with Crippen LogP contribution in [-0.4, -0.2) is 21.8 Å². The van der Waals surface area contributed by atoms with Crippen LogP contribution in [0.15, 0.2) is 12.3 Å². The highest BCUT2D eigenvalue weighted by molar-refractivity contribution is 5.99. The molecule has 2 N–H and O–H groups in total. The van der Waals surface area contributed by atoms with Crippen LogP contribution in [0.5, 0.6) is 0 Å². The molecule has 82 valence electrons. The molecular formula is C11H15NO3. The van der Waals surface area contributed by atoms with E-state index in [-0.39, 0.29) is 17.4 Å². The number of nitrogens with one attached hydrogen (secondary N) is 1. The number of H-pyrrole nitrogens is 1. The lowest BCUT2D eigenvalue weighted by Gasteiger charge is -2.06. The Morgan fingerprint density at radius 2 is 2.20 bits per heavy atom. The summed E-state index contributed by atoms with van der Waals surface area (Å²) >= 11 is 0. The number of rotatable bonds is 5. The number of carboxylic acid groups (broad SMARTS) is 1. The third kappa shape index (κ3) is 2.68. The lowest BCUT2D eigenvalue weighted by Crippen LogP contribution is -2.10. The van der Waals surface area contributed by atoms with Crippen LogP contribution < -0.4 is 0 Å². The van der Waals surface area contributed by atoms with Gasteiger partial charge in [-0.05, 0) is 12.5 Å². The fourth-order valence-electron chi connectivity index (χ4n) is 1.51. The van der Waals surface area contributed by atoms with E-state index in [1.165, 1.54) is 12.3 Å². The molecule has 0 fully saturated rings. The number of Topliss-reactive ketones (excluding diaryl/α,β-unsaturated/α-hetero) is 1. The van der Waals surface area contributed by atoms with Gasteiger partial charge >= 0.3 is 5.97 Å². The summed E-state index contributed by atoms with van der Waals surface area (Å²) in [6.07, 6.45) is 3.23. The average Bonchev–Trinajstić information content (AvgIpc) is 2.65. The summed E-state index contributed by atoms with van der Waals surface area (Å²) in [5.41, 5.74) is 0.510. The second-order valence-electron chi connectivity index (χ2n) is 3.66. The van der Waals surface area contributed by atoms with Gasteiger partial charge in [-0.3, -0.25) is 4.79 Å². The molecule has 1 rings (SSSR count). The summed E-state index contributed by atoms with van der Waals surface area (Å²) in [6, 6.07) is 1.39. The molecule has 0 aromatic carbocycles. The first-order valence-electron chi connectivity index (χ1n) is 5.02. The smallest absolute Gasteiger partial charge is 0.352 e. The van der Waals surface area contributed by atoms with Gasteiger partial charge in [0, 0.05) is 17.7 Å². The molecule has 1 unspecified atom stereocenters. The Hall–Kier alpha value is -1.58. The Morgan fingerprint density at radius 1 is 1.53 bits per heavy atom. The van der Waals surface area contributed by atoms with E-state index < -0.39 is 5.97 Å². The zero-order valence-corrected chi connectivity index (χ0v) is 8.91.